The molecule has 0 aliphatic carbocycles. The molecule has 1 atom stereocenters. The molecule has 0 radical (unpaired) electrons. The Morgan fingerprint density at radius 3 is 2.39 bits per heavy atom. The highest BCUT2D eigenvalue weighted by Gasteiger charge is 2.11. The van der Waals surface area contributed by atoms with Gasteiger partial charge in [0.2, 0.25) is 0 Å². The van der Waals surface area contributed by atoms with Crippen LogP contribution in [0.3, 0.4) is 0 Å². The van der Waals surface area contributed by atoms with Crippen LogP contribution in [0.15, 0.2) is 36.4 Å². The second kappa shape index (κ2) is 6.09. The fraction of sp³-hybridized carbons (Fsp3) is 0.231. The quantitative estimate of drug-likeness (QED) is 0.913. The first-order valence-corrected chi connectivity index (χ1v) is 6.58. The van der Waals surface area contributed by atoms with Crippen LogP contribution in [-0.2, 0) is 0 Å². The molecule has 1 unspecified atom stereocenters. The minimum Gasteiger partial charge on any atom is -0.497 e. The van der Waals surface area contributed by atoms with Crippen LogP contribution >= 0.6 is 22.9 Å². The SMILES string of the molecule is COc1ccc(OCC(O)c2ccc(Cl)s2)cc1. The van der Waals surface area contributed by atoms with Gasteiger partial charge in [-0.2, -0.15) is 0 Å². The molecule has 1 aromatic carbocycles. The lowest BCUT2D eigenvalue weighted by molar-refractivity contribution is 0.111. The van der Waals surface area contributed by atoms with E-state index in [9.17, 15) is 5.11 Å². The van der Waals surface area contributed by atoms with Crippen molar-refractivity contribution in [2.75, 3.05) is 13.7 Å². The largest absolute Gasteiger partial charge is 0.497 e. The van der Waals surface area contributed by atoms with Crippen LogP contribution in [0.2, 0.25) is 4.34 Å². The van der Waals surface area contributed by atoms with Crippen molar-refractivity contribution in [3.8, 4) is 11.5 Å². The maximum Gasteiger partial charge on any atom is 0.122 e. The maximum atomic E-state index is 9.90. The van der Waals surface area contributed by atoms with Crippen molar-refractivity contribution >= 4 is 22.9 Å². The Kier molecular flexibility index (Phi) is 4.47. The summed E-state index contributed by atoms with van der Waals surface area (Å²) in [6.45, 7) is 0.198. The first-order chi connectivity index (χ1) is 8.69. The number of hydrogen-bond donors (Lipinski definition) is 1. The average molecular weight is 285 g/mol. The van der Waals surface area contributed by atoms with Crippen LogP contribution in [0.5, 0.6) is 11.5 Å². The van der Waals surface area contributed by atoms with Crippen LogP contribution < -0.4 is 9.47 Å². The summed E-state index contributed by atoms with van der Waals surface area (Å²) in [5.74, 6) is 1.46. The van der Waals surface area contributed by atoms with Gasteiger partial charge in [0.1, 0.15) is 24.2 Å². The second-order valence-electron chi connectivity index (χ2n) is 3.64. The number of thiophene rings is 1. The summed E-state index contributed by atoms with van der Waals surface area (Å²) in [7, 11) is 1.61. The fourth-order valence-corrected chi connectivity index (χ4v) is 2.47. The van der Waals surface area contributed by atoms with Crippen LogP contribution in [-0.4, -0.2) is 18.8 Å². The van der Waals surface area contributed by atoms with Crippen molar-refractivity contribution < 1.29 is 14.6 Å². The number of aliphatic hydroxyl groups is 1. The van der Waals surface area contributed by atoms with Gasteiger partial charge in [0, 0.05) is 4.88 Å². The molecule has 1 heterocycles. The topological polar surface area (TPSA) is 38.7 Å². The lowest BCUT2D eigenvalue weighted by atomic mass is 10.3. The number of rotatable bonds is 5. The molecule has 1 N–H and O–H groups in total. The van der Waals surface area contributed by atoms with Gasteiger partial charge in [-0.1, -0.05) is 11.6 Å². The van der Waals surface area contributed by atoms with Gasteiger partial charge in [-0.15, -0.1) is 11.3 Å². The number of benzene rings is 1. The molecule has 2 rings (SSSR count). The number of halogens is 1. The molecule has 0 saturated carbocycles. The maximum absolute atomic E-state index is 9.90. The summed E-state index contributed by atoms with van der Waals surface area (Å²) in [6, 6.07) is 10.8. The minimum atomic E-state index is -0.662. The van der Waals surface area contributed by atoms with E-state index in [1.807, 2.05) is 12.1 Å². The van der Waals surface area contributed by atoms with Crippen LogP contribution in [0.4, 0.5) is 0 Å². The number of ether oxygens (including phenoxy) is 2. The van der Waals surface area contributed by atoms with Crippen molar-refractivity contribution in [3.63, 3.8) is 0 Å². The second-order valence-corrected chi connectivity index (χ2v) is 5.39. The molecule has 0 aliphatic rings. The van der Waals surface area contributed by atoms with Crippen LogP contribution in [0.1, 0.15) is 11.0 Å². The fourth-order valence-electron chi connectivity index (χ4n) is 1.44. The van der Waals surface area contributed by atoms with E-state index in [0.29, 0.717) is 10.1 Å². The first-order valence-electron chi connectivity index (χ1n) is 5.39. The third-order valence-electron chi connectivity index (χ3n) is 2.39. The van der Waals surface area contributed by atoms with Crippen molar-refractivity contribution in [2.45, 2.75) is 6.10 Å². The Balaban J connectivity index is 1.90. The minimum absolute atomic E-state index is 0.198. The molecule has 0 fully saturated rings. The number of hydrogen-bond acceptors (Lipinski definition) is 4. The average Bonchev–Trinajstić information content (AvgIpc) is 2.83. The van der Waals surface area contributed by atoms with Crippen LogP contribution in [0, 0.1) is 0 Å². The van der Waals surface area contributed by atoms with E-state index in [2.05, 4.69) is 0 Å². The summed E-state index contributed by atoms with van der Waals surface area (Å²) in [4.78, 5) is 0.800. The highest BCUT2D eigenvalue weighted by atomic mass is 35.5. The van der Waals surface area contributed by atoms with Crippen molar-refractivity contribution in [1.29, 1.82) is 0 Å². The highest BCUT2D eigenvalue weighted by Crippen LogP contribution is 2.27. The monoisotopic (exact) mass is 284 g/mol. The zero-order chi connectivity index (χ0) is 13.0. The van der Waals surface area contributed by atoms with Gasteiger partial charge in [-0.05, 0) is 36.4 Å². The Morgan fingerprint density at radius 1 is 1.17 bits per heavy atom. The molecule has 1 aromatic heterocycles. The van der Waals surface area contributed by atoms with E-state index < -0.39 is 6.10 Å². The number of methoxy groups -OCH3 is 1. The molecular weight excluding hydrogens is 272 g/mol. The molecule has 3 nitrogen and oxygen atoms in total. The molecule has 18 heavy (non-hydrogen) atoms. The van der Waals surface area contributed by atoms with Gasteiger partial charge in [-0.3, -0.25) is 0 Å². The lowest BCUT2D eigenvalue weighted by Crippen LogP contribution is -2.08. The molecule has 0 saturated heterocycles. The third-order valence-corrected chi connectivity index (χ3v) is 3.72. The lowest BCUT2D eigenvalue weighted by Gasteiger charge is -2.11. The highest BCUT2D eigenvalue weighted by molar-refractivity contribution is 7.16. The van der Waals surface area contributed by atoms with E-state index in [0.717, 1.165) is 10.6 Å². The van der Waals surface area contributed by atoms with Crippen molar-refractivity contribution in [1.82, 2.24) is 0 Å². The zero-order valence-electron chi connectivity index (χ0n) is 9.80. The van der Waals surface area contributed by atoms with Gasteiger partial charge in [-0.25, -0.2) is 0 Å². The molecule has 0 aliphatic heterocycles. The smallest absolute Gasteiger partial charge is 0.122 e. The molecular formula is C13H13ClO3S. The predicted octanol–water partition coefficient (Wildman–Crippen LogP) is 3.52. The molecule has 5 heteroatoms. The van der Waals surface area contributed by atoms with E-state index in [4.69, 9.17) is 21.1 Å². The molecule has 0 bridgehead atoms. The summed E-state index contributed by atoms with van der Waals surface area (Å²) < 4.78 is 11.2. The molecule has 2 aromatic rings. The number of aliphatic hydroxyl groups excluding tert-OH is 1. The zero-order valence-corrected chi connectivity index (χ0v) is 11.4. The summed E-state index contributed by atoms with van der Waals surface area (Å²) in [6.07, 6.45) is -0.662. The first kappa shape index (κ1) is 13.2. The third kappa shape index (κ3) is 3.38. The van der Waals surface area contributed by atoms with Gasteiger partial charge in [0.15, 0.2) is 0 Å². The Labute approximate surface area is 115 Å². The van der Waals surface area contributed by atoms with E-state index in [1.54, 1.807) is 31.4 Å². The van der Waals surface area contributed by atoms with Crippen molar-refractivity contribution in [3.05, 3.63) is 45.6 Å². The van der Waals surface area contributed by atoms with E-state index >= 15 is 0 Å². The summed E-state index contributed by atoms with van der Waals surface area (Å²) >= 11 is 7.16. The standard InChI is InChI=1S/C13H13ClO3S/c1-16-9-2-4-10(5-3-9)17-8-11(15)12-6-7-13(14)18-12/h2-7,11,15H,8H2,1H3. The Morgan fingerprint density at radius 2 is 1.83 bits per heavy atom. The van der Waals surface area contributed by atoms with Gasteiger partial charge in [0.25, 0.3) is 0 Å². The summed E-state index contributed by atoms with van der Waals surface area (Å²) in [5, 5.41) is 9.90. The summed E-state index contributed by atoms with van der Waals surface area (Å²) in [5.41, 5.74) is 0. The Hall–Kier alpha value is -1.23. The van der Waals surface area contributed by atoms with Crippen LogP contribution in [0.25, 0.3) is 0 Å². The van der Waals surface area contributed by atoms with E-state index in [1.165, 1.54) is 11.3 Å². The van der Waals surface area contributed by atoms with Gasteiger partial charge < -0.3 is 14.6 Å². The molecule has 0 spiro atoms. The molecule has 0 amide bonds. The van der Waals surface area contributed by atoms with Crippen molar-refractivity contribution in [2.24, 2.45) is 0 Å². The molecule has 96 valence electrons. The van der Waals surface area contributed by atoms with E-state index in [-0.39, 0.29) is 6.61 Å². The van der Waals surface area contributed by atoms with Gasteiger partial charge >= 0.3 is 0 Å². The van der Waals surface area contributed by atoms with Gasteiger partial charge in [0.05, 0.1) is 11.4 Å². The Bertz CT molecular complexity index is 495. The predicted molar refractivity (Wildman–Crippen MR) is 72.8 cm³/mol. The normalized spacial score (nSPS) is 12.2.